The fourth-order valence-electron chi connectivity index (χ4n) is 5.63. The SMILES string of the molecule is CCn1nc(C)cc1C(=O)Nc1nc2cc(C(N)=O)cc3c2n1CCCN(C(=O)C1CCN(C)CC1)CCCO3. The number of amides is 3. The molecule has 0 atom stereocenters. The summed E-state index contributed by atoms with van der Waals surface area (Å²) in [6, 6.07) is 4.98. The summed E-state index contributed by atoms with van der Waals surface area (Å²) in [5.41, 5.74) is 8.24. The van der Waals surface area contributed by atoms with Gasteiger partial charge >= 0.3 is 0 Å². The Morgan fingerprint density at radius 3 is 2.55 bits per heavy atom. The van der Waals surface area contributed by atoms with Crippen molar-refractivity contribution in [3.63, 3.8) is 0 Å². The molecule has 5 rings (SSSR count). The summed E-state index contributed by atoms with van der Waals surface area (Å²) >= 11 is 0. The number of ether oxygens (including phenoxy) is 1. The molecule has 1 fully saturated rings. The Morgan fingerprint density at radius 2 is 1.82 bits per heavy atom. The Balaban J connectivity index is 1.46. The molecule has 1 aromatic carbocycles. The number of aryl methyl sites for hydroxylation is 3. The predicted molar refractivity (Wildman–Crippen MR) is 150 cm³/mol. The number of nitrogens with two attached hydrogens (primary N) is 1. The van der Waals surface area contributed by atoms with E-state index in [-0.39, 0.29) is 23.3 Å². The van der Waals surface area contributed by atoms with E-state index in [4.69, 9.17) is 10.5 Å². The zero-order chi connectivity index (χ0) is 28.4. The molecule has 3 amide bonds. The van der Waals surface area contributed by atoms with E-state index in [2.05, 4.69) is 27.3 Å². The van der Waals surface area contributed by atoms with Crippen molar-refractivity contribution in [1.29, 1.82) is 0 Å². The van der Waals surface area contributed by atoms with Crippen LogP contribution in [0.2, 0.25) is 0 Å². The quantitative estimate of drug-likeness (QED) is 0.496. The van der Waals surface area contributed by atoms with Gasteiger partial charge in [0.05, 0.1) is 17.8 Å². The van der Waals surface area contributed by atoms with Crippen molar-refractivity contribution in [3.8, 4) is 5.75 Å². The van der Waals surface area contributed by atoms with Crippen LogP contribution < -0.4 is 15.8 Å². The van der Waals surface area contributed by atoms with E-state index in [1.54, 1.807) is 22.9 Å². The Hall–Kier alpha value is -3.93. The Kier molecular flexibility index (Phi) is 8.06. The van der Waals surface area contributed by atoms with E-state index >= 15 is 0 Å². The van der Waals surface area contributed by atoms with Crippen LogP contribution in [-0.4, -0.2) is 86.7 Å². The van der Waals surface area contributed by atoms with Crippen LogP contribution in [0.3, 0.4) is 0 Å². The molecule has 2 aromatic heterocycles. The summed E-state index contributed by atoms with van der Waals surface area (Å²) in [5.74, 6) is 0.130. The Morgan fingerprint density at radius 1 is 1.07 bits per heavy atom. The molecule has 3 N–H and O–H groups in total. The van der Waals surface area contributed by atoms with Crippen molar-refractivity contribution in [2.45, 2.75) is 52.6 Å². The number of nitrogens with zero attached hydrogens (tertiary/aromatic N) is 6. The number of aromatic nitrogens is 4. The lowest BCUT2D eigenvalue weighted by atomic mass is 9.95. The standard InChI is InChI=1S/C28H38N8O4/c1-4-36-22(15-18(2)32-36)26(38)31-28-30-21-16-20(25(29)37)17-23-24(21)35(28)11-5-9-34(10-6-14-40-23)27(39)19-7-12-33(3)13-8-19/h15-17,19H,4-14H2,1-3H3,(H2,29,37)(H,30,31,38). The summed E-state index contributed by atoms with van der Waals surface area (Å²) in [5, 5.41) is 7.33. The fraction of sp³-hybridized carbons (Fsp3) is 0.536. The first-order valence-corrected chi connectivity index (χ1v) is 14.0. The number of piperidine rings is 1. The number of rotatable bonds is 5. The molecule has 0 radical (unpaired) electrons. The highest BCUT2D eigenvalue weighted by molar-refractivity contribution is 6.04. The molecular weight excluding hydrogens is 512 g/mol. The highest BCUT2D eigenvalue weighted by Crippen LogP contribution is 2.32. The van der Waals surface area contributed by atoms with Gasteiger partial charge < -0.3 is 24.8 Å². The number of hydrogen-bond acceptors (Lipinski definition) is 7. The summed E-state index contributed by atoms with van der Waals surface area (Å²) in [4.78, 5) is 47.8. The second-order valence-corrected chi connectivity index (χ2v) is 10.7. The molecule has 0 aliphatic carbocycles. The maximum absolute atomic E-state index is 13.4. The van der Waals surface area contributed by atoms with Gasteiger partial charge in [-0.3, -0.25) is 24.4 Å². The minimum absolute atomic E-state index is 0.0410. The number of anilines is 1. The number of primary amides is 1. The van der Waals surface area contributed by atoms with Crippen LogP contribution in [0, 0.1) is 12.8 Å². The van der Waals surface area contributed by atoms with Gasteiger partial charge in [0.25, 0.3) is 5.91 Å². The largest absolute Gasteiger partial charge is 0.491 e. The third-order valence-electron chi connectivity index (χ3n) is 7.77. The van der Waals surface area contributed by atoms with E-state index < -0.39 is 5.91 Å². The van der Waals surface area contributed by atoms with Crippen molar-refractivity contribution in [2.24, 2.45) is 11.7 Å². The maximum Gasteiger partial charge on any atom is 0.276 e. The normalized spacial score (nSPS) is 17.3. The molecular formula is C28H38N8O4. The van der Waals surface area contributed by atoms with Crippen molar-refractivity contribution < 1.29 is 19.1 Å². The van der Waals surface area contributed by atoms with Gasteiger partial charge in [-0.25, -0.2) is 4.98 Å². The smallest absolute Gasteiger partial charge is 0.276 e. The minimum atomic E-state index is -0.589. The van der Waals surface area contributed by atoms with E-state index in [1.165, 1.54) is 0 Å². The average molecular weight is 551 g/mol. The zero-order valence-electron chi connectivity index (χ0n) is 23.5. The second-order valence-electron chi connectivity index (χ2n) is 10.7. The molecule has 0 spiro atoms. The van der Waals surface area contributed by atoms with Crippen LogP contribution in [0.1, 0.15) is 59.1 Å². The molecule has 2 aliphatic heterocycles. The number of likely N-dealkylation sites (tertiary alicyclic amines) is 1. The van der Waals surface area contributed by atoms with Gasteiger partial charge in [0.1, 0.15) is 17.0 Å². The molecule has 0 unspecified atom stereocenters. The van der Waals surface area contributed by atoms with Crippen molar-refractivity contribution in [1.82, 2.24) is 29.1 Å². The van der Waals surface area contributed by atoms with Crippen molar-refractivity contribution in [2.75, 3.05) is 45.2 Å². The first-order chi connectivity index (χ1) is 19.2. The summed E-state index contributed by atoms with van der Waals surface area (Å²) in [6.07, 6.45) is 3.06. The number of nitrogens with one attached hydrogen (secondary N) is 1. The van der Waals surface area contributed by atoms with E-state index in [9.17, 15) is 14.4 Å². The van der Waals surface area contributed by atoms with Gasteiger partial charge in [-0.2, -0.15) is 5.10 Å². The van der Waals surface area contributed by atoms with Gasteiger partial charge in [0, 0.05) is 37.7 Å². The topological polar surface area (TPSA) is 141 Å². The Labute approximate surface area is 233 Å². The van der Waals surface area contributed by atoms with Crippen LogP contribution in [0.4, 0.5) is 5.95 Å². The number of benzene rings is 1. The van der Waals surface area contributed by atoms with E-state index in [0.29, 0.717) is 74.1 Å². The molecule has 4 heterocycles. The third-order valence-corrected chi connectivity index (χ3v) is 7.77. The molecule has 12 nitrogen and oxygen atoms in total. The van der Waals surface area contributed by atoms with E-state index in [0.717, 1.165) is 31.6 Å². The molecule has 0 saturated carbocycles. The monoisotopic (exact) mass is 550 g/mol. The highest BCUT2D eigenvalue weighted by atomic mass is 16.5. The minimum Gasteiger partial charge on any atom is -0.491 e. The van der Waals surface area contributed by atoms with Gasteiger partial charge in [0.15, 0.2) is 0 Å². The van der Waals surface area contributed by atoms with E-state index in [1.807, 2.05) is 23.3 Å². The van der Waals surface area contributed by atoms with Crippen LogP contribution in [0.5, 0.6) is 5.75 Å². The van der Waals surface area contributed by atoms with Crippen LogP contribution >= 0.6 is 0 Å². The highest BCUT2D eigenvalue weighted by Gasteiger charge is 2.28. The van der Waals surface area contributed by atoms with Crippen LogP contribution in [-0.2, 0) is 17.9 Å². The third kappa shape index (κ3) is 5.67. The molecule has 214 valence electrons. The lowest BCUT2D eigenvalue weighted by molar-refractivity contribution is -0.137. The van der Waals surface area contributed by atoms with Crippen molar-refractivity contribution >= 4 is 34.7 Å². The summed E-state index contributed by atoms with van der Waals surface area (Å²) in [7, 11) is 2.09. The molecule has 1 saturated heterocycles. The average Bonchev–Trinajstić information content (AvgIpc) is 3.47. The number of hydrogen-bond donors (Lipinski definition) is 2. The number of imidazole rings is 1. The fourth-order valence-corrected chi connectivity index (χ4v) is 5.63. The summed E-state index contributed by atoms with van der Waals surface area (Å²) in [6.45, 7) is 8.21. The van der Waals surface area contributed by atoms with Gasteiger partial charge in [0.2, 0.25) is 17.8 Å². The number of carbonyl (C=O) groups excluding carboxylic acids is 3. The first kappa shape index (κ1) is 27.6. The summed E-state index contributed by atoms with van der Waals surface area (Å²) < 4.78 is 9.72. The molecule has 40 heavy (non-hydrogen) atoms. The van der Waals surface area contributed by atoms with Crippen molar-refractivity contribution in [3.05, 3.63) is 35.2 Å². The molecule has 2 aliphatic rings. The van der Waals surface area contributed by atoms with Crippen LogP contribution in [0.15, 0.2) is 18.2 Å². The molecule has 12 heteroatoms. The first-order valence-electron chi connectivity index (χ1n) is 14.0. The number of carbonyl (C=O) groups is 3. The van der Waals surface area contributed by atoms with Gasteiger partial charge in [-0.15, -0.1) is 0 Å². The lowest BCUT2D eigenvalue weighted by Crippen LogP contribution is -2.42. The maximum atomic E-state index is 13.4. The van der Waals surface area contributed by atoms with Gasteiger partial charge in [-0.05, 0) is 77.9 Å². The van der Waals surface area contributed by atoms with Crippen LogP contribution in [0.25, 0.3) is 11.0 Å². The second kappa shape index (κ2) is 11.7. The molecule has 3 aromatic rings. The zero-order valence-corrected chi connectivity index (χ0v) is 23.5. The molecule has 0 bridgehead atoms. The predicted octanol–water partition coefficient (Wildman–Crippen LogP) is 2.26. The van der Waals surface area contributed by atoms with Gasteiger partial charge in [-0.1, -0.05) is 0 Å². The Bertz CT molecular complexity index is 1420. The lowest BCUT2D eigenvalue weighted by Gasteiger charge is -2.32.